The van der Waals surface area contributed by atoms with Crippen LogP contribution in [0, 0.1) is 0 Å². The zero-order valence-electron chi connectivity index (χ0n) is 7.25. The lowest BCUT2D eigenvalue weighted by Gasteiger charge is -2.01. The van der Waals surface area contributed by atoms with Crippen LogP contribution in [0.25, 0.3) is 11.4 Å². The van der Waals surface area contributed by atoms with E-state index in [2.05, 4.69) is 19.9 Å². The second kappa shape index (κ2) is 3.25. The van der Waals surface area contributed by atoms with Gasteiger partial charge in [-0.2, -0.15) is 0 Å². The Hall–Kier alpha value is -2.24. The standard InChI is InChI=1S/C8H8N6/c9-6-3-13-8(14-7(6)10)5-1-11-4-12-2-5/h1-4H,9H2,(H2,10,13,14). The number of anilines is 2. The highest BCUT2D eigenvalue weighted by Crippen LogP contribution is 2.16. The Balaban J connectivity index is 2.48. The zero-order valence-corrected chi connectivity index (χ0v) is 7.25. The molecule has 0 aromatic carbocycles. The molecule has 0 atom stereocenters. The Bertz CT molecular complexity index is 441. The minimum absolute atomic E-state index is 0.263. The summed E-state index contributed by atoms with van der Waals surface area (Å²) in [6.07, 6.45) is 6.12. The Morgan fingerprint density at radius 1 is 1.00 bits per heavy atom. The molecular weight excluding hydrogens is 180 g/mol. The predicted molar refractivity (Wildman–Crippen MR) is 51.9 cm³/mol. The first-order chi connectivity index (χ1) is 6.77. The van der Waals surface area contributed by atoms with E-state index in [9.17, 15) is 0 Å². The Labute approximate surface area is 80.0 Å². The number of hydrogen-bond acceptors (Lipinski definition) is 6. The highest BCUT2D eigenvalue weighted by Gasteiger charge is 2.03. The van der Waals surface area contributed by atoms with Crippen LogP contribution in [0.15, 0.2) is 24.9 Å². The third-order valence-corrected chi connectivity index (χ3v) is 1.67. The highest BCUT2D eigenvalue weighted by atomic mass is 15.0. The second-order valence-electron chi connectivity index (χ2n) is 2.66. The average molecular weight is 188 g/mol. The van der Waals surface area contributed by atoms with Gasteiger partial charge in [-0.15, -0.1) is 0 Å². The van der Waals surface area contributed by atoms with Crippen molar-refractivity contribution in [2.75, 3.05) is 11.5 Å². The molecule has 6 heteroatoms. The van der Waals surface area contributed by atoms with Crippen molar-refractivity contribution in [2.45, 2.75) is 0 Å². The molecule has 0 saturated heterocycles. The van der Waals surface area contributed by atoms with Crippen molar-refractivity contribution in [3.8, 4) is 11.4 Å². The summed E-state index contributed by atoms with van der Waals surface area (Å²) in [5.41, 5.74) is 12.1. The van der Waals surface area contributed by atoms with E-state index >= 15 is 0 Å². The first-order valence-corrected chi connectivity index (χ1v) is 3.91. The van der Waals surface area contributed by atoms with Crippen molar-refractivity contribution < 1.29 is 0 Å². The summed E-state index contributed by atoms with van der Waals surface area (Å²) in [4.78, 5) is 15.7. The van der Waals surface area contributed by atoms with E-state index < -0.39 is 0 Å². The van der Waals surface area contributed by atoms with E-state index in [1.807, 2.05) is 0 Å². The van der Waals surface area contributed by atoms with Crippen molar-refractivity contribution in [3.05, 3.63) is 24.9 Å². The van der Waals surface area contributed by atoms with Crippen molar-refractivity contribution in [3.63, 3.8) is 0 Å². The van der Waals surface area contributed by atoms with Gasteiger partial charge in [0.25, 0.3) is 0 Å². The molecule has 0 unspecified atom stereocenters. The number of nitrogens with zero attached hydrogens (tertiary/aromatic N) is 4. The summed E-state index contributed by atoms with van der Waals surface area (Å²) in [5, 5.41) is 0. The normalized spacial score (nSPS) is 10.0. The molecule has 0 aliphatic rings. The summed E-state index contributed by atoms with van der Waals surface area (Å²) in [7, 11) is 0. The van der Waals surface area contributed by atoms with Crippen molar-refractivity contribution in [1.82, 2.24) is 19.9 Å². The molecule has 0 bridgehead atoms. The zero-order chi connectivity index (χ0) is 9.97. The first-order valence-electron chi connectivity index (χ1n) is 3.91. The highest BCUT2D eigenvalue weighted by molar-refractivity contribution is 5.62. The molecule has 0 spiro atoms. The second-order valence-corrected chi connectivity index (χ2v) is 2.66. The fraction of sp³-hybridized carbons (Fsp3) is 0. The lowest BCUT2D eigenvalue weighted by atomic mass is 10.3. The van der Waals surface area contributed by atoms with Gasteiger partial charge in [0.05, 0.1) is 17.4 Å². The molecule has 14 heavy (non-hydrogen) atoms. The van der Waals surface area contributed by atoms with Crippen LogP contribution in [0.1, 0.15) is 0 Å². The van der Waals surface area contributed by atoms with Crippen LogP contribution >= 0.6 is 0 Å². The molecule has 0 aliphatic heterocycles. The fourth-order valence-corrected chi connectivity index (χ4v) is 0.958. The van der Waals surface area contributed by atoms with Crippen molar-refractivity contribution in [1.29, 1.82) is 0 Å². The number of hydrogen-bond donors (Lipinski definition) is 2. The van der Waals surface area contributed by atoms with Crippen LogP contribution in [0.3, 0.4) is 0 Å². The molecule has 6 nitrogen and oxygen atoms in total. The van der Waals surface area contributed by atoms with Crippen LogP contribution in [-0.4, -0.2) is 19.9 Å². The lowest BCUT2D eigenvalue weighted by Crippen LogP contribution is -2.01. The predicted octanol–water partition coefficient (Wildman–Crippen LogP) is 0.0980. The maximum Gasteiger partial charge on any atom is 0.164 e. The minimum Gasteiger partial charge on any atom is -0.394 e. The van der Waals surface area contributed by atoms with E-state index in [4.69, 9.17) is 11.5 Å². The molecular formula is C8H8N6. The molecule has 0 fully saturated rings. The third kappa shape index (κ3) is 1.45. The van der Waals surface area contributed by atoms with Gasteiger partial charge in [0.15, 0.2) is 11.6 Å². The van der Waals surface area contributed by atoms with Gasteiger partial charge in [-0.25, -0.2) is 19.9 Å². The topological polar surface area (TPSA) is 104 Å². The number of rotatable bonds is 1. The summed E-state index contributed by atoms with van der Waals surface area (Å²) < 4.78 is 0. The van der Waals surface area contributed by atoms with Gasteiger partial charge in [0.1, 0.15) is 6.33 Å². The van der Waals surface area contributed by atoms with Crippen LogP contribution in [0.5, 0.6) is 0 Å². The van der Waals surface area contributed by atoms with E-state index in [-0.39, 0.29) is 5.82 Å². The maximum absolute atomic E-state index is 5.54. The molecule has 2 aromatic heterocycles. The number of aromatic nitrogens is 4. The lowest BCUT2D eigenvalue weighted by molar-refractivity contribution is 1.13. The molecule has 0 aliphatic carbocycles. The quantitative estimate of drug-likeness (QED) is 0.657. The van der Waals surface area contributed by atoms with E-state index in [0.29, 0.717) is 17.1 Å². The fourth-order valence-electron chi connectivity index (χ4n) is 0.958. The van der Waals surface area contributed by atoms with Crippen LogP contribution in [0.4, 0.5) is 11.5 Å². The first kappa shape index (κ1) is 8.36. The molecule has 0 amide bonds. The molecule has 70 valence electrons. The van der Waals surface area contributed by atoms with Gasteiger partial charge < -0.3 is 11.5 Å². The van der Waals surface area contributed by atoms with Crippen LogP contribution in [-0.2, 0) is 0 Å². The molecule has 2 heterocycles. The molecule has 2 rings (SSSR count). The smallest absolute Gasteiger partial charge is 0.164 e. The minimum atomic E-state index is 0.263. The number of nitrogen functional groups attached to an aromatic ring is 2. The van der Waals surface area contributed by atoms with E-state index in [1.54, 1.807) is 12.4 Å². The Morgan fingerprint density at radius 3 is 2.36 bits per heavy atom. The van der Waals surface area contributed by atoms with Crippen LogP contribution < -0.4 is 11.5 Å². The maximum atomic E-state index is 5.54. The number of nitrogens with two attached hydrogens (primary N) is 2. The molecule has 0 radical (unpaired) electrons. The third-order valence-electron chi connectivity index (χ3n) is 1.67. The van der Waals surface area contributed by atoms with Gasteiger partial charge in [0.2, 0.25) is 0 Å². The summed E-state index contributed by atoms with van der Waals surface area (Å²) >= 11 is 0. The Kier molecular flexibility index (Phi) is 1.94. The van der Waals surface area contributed by atoms with E-state index in [0.717, 1.165) is 0 Å². The average Bonchev–Trinajstić information content (AvgIpc) is 2.23. The summed E-state index contributed by atoms with van der Waals surface area (Å²) in [6.45, 7) is 0. The van der Waals surface area contributed by atoms with Gasteiger partial charge in [-0.3, -0.25) is 0 Å². The van der Waals surface area contributed by atoms with Crippen molar-refractivity contribution >= 4 is 11.5 Å². The molecule has 4 N–H and O–H groups in total. The van der Waals surface area contributed by atoms with Gasteiger partial charge in [-0.05, 0) is 0 Å². The SMILES string of the molecule is Nc1cnc(-c2cncnc2)nc1N. The van der Waals surface area contributed by atoms with Gasteiger partial charge in [0, 0.05) is 12.4 Å². The van der Waals surface area contributed by atoms with Gasteiger partial charge in [-0.1, -0.05) is 0 Å². The molecule has 2 aromatic rings. The summed E-state index contributed by atoms with van der Waals surface area (Å²) in [6, 6.07) is 0. The van der Waals surface area contributed by atoms with Crippen molar-refractivity contribution in [2.24, 2.45) is 0 Å². The molecule has 0 saturated carbocycles. The largest absolute Gasteiger partial charge is 0.394 e. The summed E-state index contributed by atoms with van der Waals surface area (Å²) in [5.74, 6) is 0.733. The van der Waals surface area contributed by atoms with E-state index in [1.165, 1.54) is 12.5 Å². The Morgan fingerprint density at radius 2 is 1.71 bits per heavy atom. The van der Waals surface area contributed by atoms with Gasteiger partial charge >= 0.3 is 0 Å². The van der Waals surface area contributed by atoms with Crippen LogP contribution in [0.2, 0.25) is 0 Å². The monoisotopic (exact) mass is 188 g/mol.